The molecule has 0 spiro atoms. The maximum Gasteiger partial charge on any atom is 0.472 e. The summed E-state index contributed by atoms with van der Waals surface area (Å²) < 4.78 is 29.0. The van der Waals surface area contributed by atoms with Crippen LogP contribution in [0.5, 0.6) is 5.75 Å². The van der Waals surface area contributed by atoms with Crippen molar-refractivity contribution < 1.29 is 27.7 Å². The molecule has 1 rings (SSSR count). The van der Waals surface area contributed by atoms with E-state index >= 15 is 0 Å². The molecule has 0 radical (unpaired) electrons. The lowest BCUT2D eigenvalue weighted by Crippen LogP contribution is -2.37. The molecule has 0 saturated heterocycles. The van der Waals surface area contributed by atoms with E-state index in [2.05, 4.69) is 31.2 Å². The van der Waals surface area contributed by atoms with Crippen LogP contribution in [0.1, 0.15) is 89.5 Å². The zero-order valence-electron chi connectivity index (χ0n) is 24.6. The number of allylic oxidation sites excluding steroid dienone is 4. The van der Waals surface area contributed by atoms with E-state index in [4.69, 9.17) is 13.8 Å². The summed E-state index contributed by atoms with van der Waals surface area (Å²) in [4.78, 5) is 9.89. The number of phosphoric acid groups is 1. The first-order valence-corrected chi connectivity index (χ1v) is 16.2. The van der Waals surface area contributed by atoms with Gasteiger partial charge in [0.2, 0.25) is 0 Å². The molecule has 0 bridgehead atoms. The standard InChI is InChI=1S/C31H54NO5P/c1-5-6-7-8-9-10-11-12-13-14-15-16-17-18-19-22-27-35-31-24-21-20-23-30(31)25-28-36-38(33,34)37-29-26-32(2,3)4/h9-10,12-13,20-21,23-24H,5-8,11,14-19,22,25-29H2,1-4H3/p+1/b10-9-,13-12-. The van der Waals surface area contributed by atoms with Gasteiger partial charge in [-0.3, -0.25) is 9.05 Å². The third-order valence-corrected chi connectivity index (χ3v) is 7.24. The fourth-order valence-electron chi connectivity index (χ4n) is 3.86. The molecule has 7 heteroatoms. The Balaban J connectivity index is 2.10. The number of rotatable bonds is 24. The van der Waals surface area contributed by atoms with Gasteiger partial charge >= 0.3 is 7.82 Å². The van der Waals surface area contributed by atoms with Crippen molar-refractivity contribution in [3.8, 4) is 5.75 Å². The summed E-state index contributed by atoms with van der Waals surface area (Å²) in [6, 6.07) is 7.81. The third-order valence-electron chi connectivity index (χ3n) is 6.22. The zero-order valence-corrected chi connectivity index (χ0v) is 25.5. The molecule has 0 saturated carbocycles. The van der Waals surface area contributed by atoms with Gasteiger partial charge in [0.15, 0.2) is 0 Å². The second-order valence-corrected chi connectivity index (χ2v) is 12.4. The van der Waals surface area contributed by atoms with Gasteiger partial charge in [0, 0.05) is 6.42 Å². The van der Waals surface area contributed by atoms with Crippen molar-refractivity contribution >= 4 is 7.82 Å². The number of hydrogen-bond donors (Lipinski definition) is 1. The summed E-state index contributed by atoms with van der Waals surface area (Å²) in [7, 11) is 1.96. The summed E-state index contributed by atoms with van der Waals surface area (Å²) in [6.45, 7) is 3.82. The van der Waals surface area contributed by atoms with Crippen molar-refractivity contribution in [2.24, 2.45) is 0 Å². The van der Waals surface area contributed by atoms with Crippen molar-refractivity contribution in [2.75, 3.05) is 47.5 Å². The second kappa shape index (κ2) is 21.4. The molecule has 0 aliphatic carbocycles. The van der Waals surface area contributed by atoms with Gasteiger partial charge in [0.1, 0.15) is 18.9 Å². The Bertz CT molecular complexity index is 819. The summed E-state index contributed by atoms with van der Waals surface area (Å²) in [5.41, 5.74) is 0.971. The molecule has 0 heterocycles. The van der Waals surface area contributed by atoms with Crippen LogP contribution >= 0.6 is 7.82 Å². The number of quaternary nitrogens is 1. The van der Waals surface area contributed by atoms with Crippen LogP contribution in [-0.4, -0.2) is 56.9 Å². The van der Waals surface area contributed by atoms with Gasteiger partial charge < -0.3 is 14.1 Å². The molecular weight excluding hydrogens is 497 g/mol. The topological polar surface area (TPSA) is 65.0 Å². The lowest BCUT2D eigenvalue weighted by molar-refractivity contribution is -0.870. The van der Waals surface area contributed by atoms with Gasteiger partial charge in [-0.15, -0.1) is 0 Å². The van der Waals surface area contributed by atoms with E-state index in [1.165, 1.54) is 64.2 Å². The van der Waals surface area contributed by atoms with Gasteiger partial charge in [0.25, 0.3) is 0 Å². The van der Waals surface area contributed by atoms with Crippen LogP contribution in [0.4, 0.5) is 0 Å². The van der Waals surface area contributed by atoms with Crippen LogP contribution in [-0.2, 0) is 20.0 Å². The van der Waals surface area contributed by atoms with Crippen LogP contribution in [0.15, 0.2) is 48.6 Å². The van der Waals surface area contributed by atoms with Crippen LogP contribution in [0, 0.1) is 0 Å². The Hall–Kier alpha value is -1.43. The van der Waals surface area contributed by atoms with E-state index in [-0.39, 0.29) is 13.2 Å². The van der Waals surface area contributed by atoms with Gasteiger partial charge in [-0.2, -0.15) is 0 Å². The largest absolute Gasteiger partial charge is 0.493 e. The van der Waals surface area contributed by atoms with Crippen LogP contribution < -0.4 is 4.74 Å². The van der Waals surface area contributed by atoms with E-state index in [9.17, 15) is 9.46 Å². The highest BCUT2D eigenvalue weighted by atomic mass is 31.2. The molecule has 0 fully saturated rings. The molecule has 218 valence electrons. The van der Waals surface area contributed by atoms with E-state index in [1.54, 1.807) is 0 Å². The van der Waals surface area contributed by atoms with Crippen LogP contribution in [0.3, 0.4) is 0 Å². The Labute approximate surface area is 233 Å². The molecule has 1 unspecified atom stereocenters. The third kappa shape index (κ3) is 20.5. The second-order valence-electron chi connectivity index (χ2n) is 10.9. The highest BCUT2D eigenvalue weighted by Crippen LogP contribution is 2.43. The van der Waals surface area contributed by atoms with Crippen molar-refractivity contribution in [1.82, 2.24) is 0 Å². The molecule has 1 aromatic rings. The minimum atomic E-state index is -4.04. The SMILES string of the molecule is CCCCC/C=C\C/C=C\CCCCCCCCOc1ccccc1CCOP(=O)(O)OCC[N+](C)(C)C. The monoisotopic (exact) mass is 552 g/mol. The molecular formula is C31H55NO5P+. The maximum atomic E-state index is 12.1. The van der Waals surface area contributed by atoms with Gasteiger partial charge in [0.05, 0.1) is 34.4 Å². The van der Waals surface area contributed by atoms with E-state index in [0.717, 1.165) is 24.2 Å². The summed E-state index contributed by atoms with van der Waals surface area (Å²) >= 11 is 0. The average molecular weight is 553 g/mol. The zero-order chi connectivity index (χ0) is 28.0. The highest BCUT2D eigenvalue weighted by Gasteiger charge is 2.22. The summed E-state index contributed by atoms with van der Waals surface area (Å²) in [5, 5.41) is 0. The molecule has 1 N–H and O–H groups in total. The van der Waals surface area contributed by atoms with Crippen LogP contribution in [0.25, 0.3) is 0 Å². The van der Waals surface area contributed by atoms with Crippen molar-refractivity contribution in [2.45, 2.75) is 90.4 Å². The number of ether oxygens (including phenoxy) is 1. The number of likely N-dealkylation sites (N-methyl/N-ethyl adjacent to an activating group) is 1. The van der Waals surface area contributed by atoms with Crippen molar-refractivity contribution in [1.29, 1.82) is 0 Å². The molecule has 0 aliphatic heterocycles. The quantitative estimate of drug-likeness (QED) is 0.0605. The molecule has 1 aromatic carbocycles. The number of benzene rings is 1. The van der Waals surface area contributed by atoms with Gasteiger partial charge in [-0.1, -0.05) is 88.0 Å². The predicted molar refractivity (Wildman–Crippen MR) is 160 cm³/mol. The smallest absolute Gasteiger partial charge is 0.472 e. The maximum absolute atomic E-state index is 12.1. The van der Waals surface area contributed by atoms with Crippen molar-refractivity contribution in [3.63, 3.8) is 0 Å². The van der Waals surface area contributed by atoms with Gasteiger partial charge in [-0.05, 0) is 50.2 Å². The molecule has 0 aromatic heterocycles. The Morgan fingerprint density at radius 1 is 0.789 bits per heavy atom. The minimum absolute atomic E-state index is 0.101. The van der Waals surface area contributed by atoms with E-state index in [0.29, 0.717) is 24.1 Å². The number of para-hydroxylation sites is 1. The molecule has 0 aliphatic rings. The van der Waals surface area contributed by atoms with E-state index < -0.39 is 7.82 Å². The Morgan fingerprint density at radius 3 is 2.08 bits per heavy atom. The minimum Gasteiger partial charge on any atom is -0.493 e. The lowest BCUT2D eigenvalue weighted by Gasteiger charge is -2.24. The number of phosphoric ester groups is 1. The predicted octanol–water partition coefficient (Wildman–Crippen LogP) is 8.26. The number of unbranched alkanes of at least 4 members (excludes halogenated alkanes) is 9. The molecule has 1 atom stereocenters. The molecule has 0 amide bonds. The Morgan fingerprint density at radius 2 is 1.39 bits per heavy atom. The lowest BCUT2D eigenvalue weighted by atomic mass is 10.1. The number of nitrogens with zero attached hydrogens (tertiary/aromatic N) is 1. The first-order valence-electron chi connectivity index (χ1n) is 14.7. The first-order chi connectivity index (χ1) is 18.2. The number of hydrogen-bond acceptors (Lipinski definition) is 4. The Kier molecular flexibility index (Phi) is 19.5. The molecule has 6 nitrogen and oxygen atoms in total. The fraction of sp³-hybridized carbons (Fsp3) is 0.677. The van der Waals surface area contributed by atoms with E-state index in [1.807, 2.05) is 45.4 Å². The summed E-state index contributed by atoms with van der Waals surface area (Å²) in [5.74, 6) is 0.817. The van der Waals surface area contributed by atoms with Crippen molar-refractivity contribution in [3.05, 3.63) is 54.1 Å². The average Bonchev–Trinajstić information content (AvgIpc) is 2.85. The summed E-state index contributed by atoms with van der Waals surface area (Å²) in [6.07, 6.45) is 24.4. The molecule has 38 heavy (non-hydrogen) atoms. The normalized spacial score (nSPS) is 13.9. The first kappa shape index (κ1) is 34.6. The van der Waals surface area contributed by atoms with Gasteiger partial charge in [-0.25, -0.2) is 4.57 Å². The fourth-order valence-corrected chi connectivity index (χ4v) is 4.57. The highest BCUT2D eigenvalue weighted by molar-refractivity contribution is 7.47. The van der Waals surface area contributed by atoms with Crippen LogP contribution in [0.2, 0.25) is 0 Å².